The van der Waals surface area contributed by atoms with Gasteiger partial charge < -0.3 is 9.88 Å². The van der Waals surface area contributed by atoms with E-state index < -0.39 is 0 Å². The molecule has 1 aromatic heterocycles. The molecule has 158 valence electrons. The first-order valence-electron chi connectivity index (χ1n) is 11.1. The molecule has 31 heavy (non-hydrogen) atoms. The molecule has 2 heterocycles. The highest BCUT2D eigenvalue weighted by atomic mass is 35.5. The van der Waals surface area contributed by atoms with Crippen molar-refractivity contribution in [3.63, 3.8) is 0 Å². The summed E-state index contributed by atoms with van der Waals surface area (Å²) in [4.78, 5) is 12.6. The predicted molar refractivity (Wildman–Crippen MR) is 129 cm³/mol. The number of anilines is 1. The lowest BCUT2D eigenvalue weighted by Gasteiger charge is -2.22. The highest BCUT2D eigenvalue weighted by molar-refractivity contribution is 6.36. The van der Waals surface area contributed by atoms with Crippen LogP contribution >= 0.6 is 11.6 Å². The second-order valence-electron chi connectivity index (χ2n) is 8.79. The Labute approximate surface area is 188 Å². The molecule has 0 radical (unpaired) electrons. The van der Waals surface area contributed by atoms with Crippen LogP contribution in [0.1, 0.15) is 66.1 Å². The molecule has 0 unspecified atom stereocenters. The van der Waals surface area contributed by atoms with E-state index >= 15 is 0 Å². The van der Waals surface area contributed by atoms with Crippen LogP contribution in [0.3, 0.4) is 0 Å². The fourth-order valence-corrected chi connectivity index (χ4v) is 5.30. The Kier molecular flexibility index (Phi) is 5.23. The lowest BCUT2D eigenvalue weighted by atomic mass is 9.84. The van der Waals surface area contributed by atoms with Gasteiger partial charge in [0.25, 0.3) is 5.91 Å². The van der Waals surface area contributed by atoms with Gasteiger partial charge in [-0.3, -0.25) is 4.79 Å². The SMILES string of the molecule is Cc1cc(/C=C2/C(=O)Nc3cc(Cl)ccc32)c(C)n1-c1ccc(C2CCCCC2)cc1. The predicted octanol–water partition coefficient (Wildman–Crippen LogP) is 7.29. The number of rotatable bonds is 3. The molecule has 3 nitrogen and oxygen atoms in total. The third kappa shape index (κ3) is 3.72. The number of nitrogens with zero attached hydrogens (tertiary/aromatic N) is 1. The van der Waals surface area contributed by atoms with Gasteiger partial charge in [0.1, 0.15) is 0 Å². The van der Waals surface area contributed by atoms with Crippen LogP contribution in [0.15, 0.2) is 48.5 Å². The lowest BCUT2D eigenvalue weighted by Crippen LogP contribution is -2.05. The standard InChI is InChI=1S/C27H27ClN2O/c1-17-14-21(15-25-24-13-10-22(28)16-26(24)29-27(25)31)18(2)30(17)23-11-8-20(9-12-23)19-6-4-3-5-7-19/h8-16,19H,3-7H2,1-2H3,(H,29,31)/b25-15+. The lowest BCUT2D eigenvalue weighted by molar-refractivity contribution is -0.110. The normalized spacial score (nSPS) is 17.8. The van der Waals surface area contributed by atoms with Gasteiger partial charge in [-0.15, -0.1) is 0 Å². The highest BCUT2D eigenvalue weighted by Crippen LogP contribution is 2.36. The van der Waals surface area contributed by atoms with Crippen LogP contribution in [0.4, 0.5) is 5.69 Å². The van der Waals surface area contributed by atoms with Crippen LogP contribution in [-0.2, 0) is 4.79 Å². The summed E-state index contributed by atoms with van der Waals surface area (Å²) >= 11 is 6.08. The van der Waals surface area contributed by atoms with E-state index in [2.05, 4.69) is 54.1 Å². The molecule has 2 aliphatic rings. The molecule has 1 fully saturated rings. The quantitative estimate of drug-likeness (QED) is 0.435. The van der Waals surface area contributed by atoms with Crippen LogP contribution < -0.4 is 5.32 Å². The first kappa shape index (κ1) is 20.1. The first-order chi connectivity index (χ1) is 15.0. The maximum absolute atomic E-state index is 12.6. The zero-order valence-corrected chi connectivity index (χ0v) is 18.8. The monoisotopic (exact) mass is 430 g/mol. The van der Waals surface area contributed by atoms with Gasteiger partial charge in [0.05, 0.1) is 5.69 Å². The van der Waals surface area contributed by atoms with E-state index in [9.17, 15) is 4.79 Å². The zero-order chi connectivity index (χ0) is 21.5. The number of halogens is 1. The van der Waals surface area contributed by atoms with Gasteiger partial charge >= 0.3 is 0 Å². The first-order valence-corrected chi connectivity index (χ1v) is 11.5. The summed E-state index contributed by atoms with van der Waals surface area (Å²) in [5, 5.41) is 3.54. The van der Waals surface area contributed by atoms with Crippen molar-refractivity contribution in [2.45, 2.75) is 51.9 Å². The smallest absolute Gasteiger partial charge is 0.256 e. The minimum atomic E-state index is -0.0843. The molecule has 1 N–H and O–H groups in total. The summed E-state index contributed by atoms with van der Waals surface area (Å²) in [5.41, 5.74) is 8.33. The van der Waals surface area contributed by atoms with E-state index in [1.54, 1.807) is 6.07 Å². The Morgan fingerprint density at radius 3 is 2.48 bits per heavy atom. The number of carbonyl (C=O) groups excluding carboxylic acids is 1. The highest BCUT2D eigenvalue weighted by Gasteiger charge is 2.25. The van der Waals surface area contributed by atoms with Gasteiger partial charge in [0, 0.05) is 33.2 Å². The van der Waals surface area contributed by atoms with Crippen molar-refractivity contribution in [1.82, 2.24) is 4.57 Å². The van der Waals surface area contributed by atoms with Crippen molar-refractivity contribution < 1.29 is 4.79 Å². The number of aryl methyl sites for hydroxylation is 1. The molecule has 1 aliphatic heterocycles. The van der Waals surface area contributed by atoms with Crippen molar-refractivity contribution in [3.8, 4) is 5.69 Å². The molecule has 0 spiro atoms. The van der Waals surface area contributed by atoms with E-state index in [0.29, 0.717) is 16.5 Å². The second-order valence-corrected chi connectivity index (χ2v) is 9.23. The fourth-order valence-electron chi connectivity index (χ4n) is 5.13. The van der Waals surface area contributed by atoms with E-state index in [1.165, 1.54) is 43.4 Å². The third-order valence-corrected chi connectivity index (χ3v) is 7.00. The summed E-state index contributed by atoms with van der Waals surface area (Å²) < 4.78 is 2.27. The molecule has 0 atom stereocenters. The summed E-state index contributed by atoms with van der Waals surface area (Å²) in [6.45, 7) is 4.23. The number of nitrogens with one attached hydrogen (secondary N) is 1. The fraction of sp³-hybridized carbons (Fsp3) is 0.296. The van der Waals surface area contributed by atoms with Gasteiger partial charge in [0.15, 0.2) is 0 Å². The molecule has 1 amide bonds. The third-order valence-electron chi connectivity index (χ3n) is 6.76. The Morgan fingerprint density at radius 1 is 1.00 bits per heavy atom. The molecule has 5 rings (SSSR count). The maximum Gasteiger partial charge on any atom is 0.256 e. The minimum Gasteiger partial charge on any atom is -0.321 e. The van der Waals surface area contributed by atoms with Crippen LogP contribution in [-0.4, -0.2) is 10.5 Å². The average molecular weight is 431 g/mol. The Bertz CT molecular complexity index is 1180. The van der Waals surface area contributed by atoms with Crippen molar-refractivity contribution in [2.24, 2.45) is 0 Å². The average Bonchev–Trinajstić information content (AvgIpc) is 3.23. The number of hydrogen-bond acceptors (Lipinski definition) is 1. The Balaban J connectivity index is 1.48. The van der Waals surface area contributed by atoms with Crippen molar-refractivity contribution in [3.05, 3.63) is 81.6 Å². The molecular formula is C27H27ClN2O. The Hall–Kier alpha value is -2.78. The number of hydrogen-bond donors (Lipinski definition) is 1. The maximum atomic E-state index is 12.6. The van der Waals surface area contributed by atoms with E-state index in [0.717, 1.165) is 28.2 Å². The van der Waals surface area contributed by atoms with Gasteiger partial charge in [-0.2, -0.15) is 0 Å². The number of carbonyl (C=O) groups is 1. The second kappa shape index (κ2) is 8.05. The van der Waals surface area contributed by atoms with Crippen LogP contribution in [0.5, 0.6) is 0 Å². The molecule has 0 bridgehead atoms. The summed E-state index contributed by atoms with van der Waals surface area (Å²) in [5.74, 6) is 0.628. The minimum absolute atomic E-state index is 0.0843. The molecule has 2 aromatic carbocycles. The number of aromatic nitrogens is 1. The number of amides is 1. The van der Waals surface area contributed by atoms with Crippen LogP contribution in [0, 0.1) is 13.8 Å². The van der Waals surface area contributed by atoms with Crippen molar-refractivity contribution in [2.75, 3.05) is 5.32 Å². The van der Waals surface area contributed by atoms with Gasteiger partial charge in [-0.05, 0) is 80.1 Å². The molecule has 1 aliphatic carbocycles. The molecule has 1 saturated carbocycles. The summed E-state index contributed by atoms with van der Waals surface area (Å²) in [6, 6.07) is 16.8. The summed E-state index contributed by atoms with van der Waals surface area (Å²) in [6.07, 6.45) is 8.70. The van der Waals surface area contributed by atoms with Crippen LogP contribution in [0.2, 0.25) is 5.02 Å². The van der Waals surface area contributed by atoms with Gasteiger partial charge in [0.2, 0.25) is 0 Å². The van der Waals surface area contributed by atoms with Gasteiger partial charge in [-0.25, -0.2) is 0 Å². The number of benzene rings is 2. The Morgan fingerprint density at radius 2 is 1.74 bits per heavy atom. The van der Waals surface area contributed by atoms with Crippen molar-refractivity contribution in [1.29, 1.82) is 0 Å². The van der Waals surface area contributed by atoms with Crippen LogP contribution in [0.25, 0.3) is 17.3 Å². The summed E-state index contributed by atoms with van der Waals surface area (Å²) in [7, 11) is 0. The largest absolute Gasteiger partial charge is 0.321 e. The molecular weight excluding hydrogens is 404 g/mol. The molecule has 4 heteroatoms. The molecule has 0 saturated heterocycles. The topological polar surface area (TPSA) is 34.0 Å². The van der Waals surface area contributed by atoms with E-state index in [1.807, 2.05) is 18.2 Å². The van der Waals surface area contributed by atoms with E-state index in [4.69, 9.17) is 11.6 Å². The zero-order valence-electron chi connectivity index (χ0n) is 18.0. The van der Waals surface area contributed by atoms with Gasteiger partial charge in [-0.1, -0.05) is 49.1 Å². The number of fused-ring (bicyclic) bond motifs is 1. The van der Waals surface area contributed by atoms with E-state index in [-0.39, 0.29) is 5.91 Å². The van der Waals surface area contributed by atoms with Crippen molar-refractivity contribution >= 4 is 34.8 Å². The molecule has 3 aromatic rings.